The molecule has 0 bridgehead atoms. The lowest BCUT2D eigenvalue weighted by Crippen LogP contribution is -1.83. The quantitative estimate of drug-likeness (QED) is 0.424. The lowest BCUT2D eigenvalue weighted by Gasteiger charge is -1.91. The molecule has 0 atom stereocenters. The molecule has 1 aromatic carbocycles. The molecule has 0 spiro atoms. The summed E-state index contributed by atoms with van der Waals surface area (Å²) >= 11 is 0. The summed E-state index contributed by atoms with van der Waals surface area (Å²) in [6.07, 6.45) is 0. The molecule has 0 saturated heterocycles. The molecule has 0 amide bonds. The minimum atomic E-state index is 0. The first-order valence-corrected chi connectivity index (χ1v) is 3.11. The second-order valence-electron chi connectivity index (χ2n) is 2.00. The lowest BCUT2D eigenvalue weighted by molar-refractivity contribution is 1.63. The Labute approximate surface area is 62.4 Å². The standard InChI is InChI=1S/C9H9N.H2/c1-2-4-8-5-3-6-9(10)7-8;/h3,5-7H,10H2,1H3;1H. The molecule has 1 aromatic rings. The van der Waals surface area contributed by atoms with Crippen LogP contribution < -0.4 is 5.73 Å². The smallest absolute Gasteiger partial charge is 0.0326 e. The molecule has 10 heavy (non-hydrogen) atoms. The number of nitrogens with two attached hydrogens (primary N) is 1. The summed E-state index contributed by atoms with van der Waals surface area (Å²) in [5.41, 5.74) is 7.26. The minimum absolute atomic E-state index is 0. The molecule has 0 heterocycles. The Morgan fingerprint density at radius 3 is 2.90 bits per heavy atom. The van der Waals surface area contributed by atoms with E-state index in [-0.39, 0.29) is 1.43 Å². The highest BCUT2D eigenvalue weighted by atomic mass is 14.5. The predicted molar refractivity (Wildman–Crippen MR) is 45.5 cm³/mol. The van der Waals surface area contributed by atoms with Crippen molar-refractivity contribution in [1.82, 2.24) is 0 Å². The van der Waals surface area contributed by atoms with Crippen LogP contribution in [0.15, 0.2) is 24.3 Å². The van der Waals surface area contributed by atoms with Crippen molar-refractivity contribution in [1.29, 1.82) is 0 Å². The van der Waals surface area contributed by atoms with E-state index in [1.165, 1.54) is 0 Å². The maximum absolute atomic E-state index is 5.52. The maximum atomic E-state index is 5.52. The second-order valence-corrected chi connectivity index (χ2v) is 2.00. The molecular formula is C9H11N. The fourth-order valence-electron chi connectivity index (χ4n) is 0.761. The zero-order valence-electron chi connectivity index (χ0n) is 5.89. The molecular weight excluding hydrogens is 122 g/mol. The van der Waals surface area contributed by atoms with Gasteiger partial charge in [0.1, 0.15) is 0 Å². The first-order valence-electron chi connectivity index (χ1n) is 3.11. The fraction of sp³-hybridized carbons (Fsp3) is 0.111. The monoisotopic (exact) mass is 133 g/mol. The van der Waals surface area contributed by atoms with Gasteiger partial charge in [-0.2, -0.15) is 0 Å². The molecule has 52 valence electrons. The van der Waals surface area contributed by atoms with Crippen LogP contribution in [0.4, 0.5) is 5.69 Å². The normalized spacial score (nSPS) is 8.10. The highest BCUT2D eigenvalue weighted by molar-refractivity contribution is 5.46. The van der Waals surface area contributed by atoms with Gasteiger partial charge in [0.2, 0.25) is 0 Å². The van der Waals surface area contributed by atoms with E-state index in [1.54, 1.807) is 0 Å². The SMILES string of the molecule is CC#Cc1cccc(N)c1.[HH]. The highest BCUT2D eigenvalue weighted by Gasteiger charge is 1.84. The largest absolute Gasteiger partial charge is 0.399 e. The molecule has 0 aliphatic rings. The van der Waals surface area contributed by atoms with Gasteiger partial charge in [0, 0.05) is 12.7 Å². The van der Waals surface area contributed by atoms with Crippen LogP contribution in [-0.4, -0.2) is 0 Å². The summed E-state index contributed by atoms with van der Waals surface area (Å²) in [5.74, 6) is 5.72. The molecule has 1 heteroatoms. The maximum Gasteiger partial charge on any atom is 0.0326 e. The summed E-state index contributed by atoms with van der Waals surface area (Å²) in [4.78, 5) is 0. The summed E-state index contributed by atoms with van der Waals surface area (Å²) in [6.45, 7) is 1.81. The van der Waals surface area contributed by atoms with Crippen LogP contribution in [0, 0.1) is 11.8 Å². The van der Waals surface area contributed by atoms with E-state index in [0.29, 0.717) is 0 Å². The van der Waals surface area contributed by atoms with Crippen molar-refractivity contribution in [2.24, 2.45) is 0 Å². The van der Waals surface area contributed by atoms with Crippen LogP contribution in [0.2, 0.25) is 0 Å². The Hall–Kier alpha value is -1.42. The molecule has 0 aliphatic carbocycles. The van der Waals surface area contributed by atoms with Gasteiger partial charge in [0.05, 0.1) is 0 Å². The molecule has 2 N–H and O–H groups in total. The first-order chi connectivity index (χ1) is 4.83. The van der Waals surface area contributed by atoms with Gasteiger partial charge in [0.15, 0.2) is 0 Å². The minimum Gasteiger partial charge on any atom is -0.399 e. The Morgan fingerprint density at radius 2 is 2.30 bits per heavy atom. The Balaban J connectivity index is 0.000001000. The van der Waals surface area contributed by atoms with Gasteiger partial charge < -0.3 is 5.73 Å². The first kappa shape index (κ1) is 6.70. The van der Waals surface area contributed by atoms with Crippen molar-refractivity contribution < 1.29 is 1.43 Å². The number of hydrogen-bond acceptors (Lipinski definition) is 1. The summed E-state index contributed by atoms with van der Waals surface area (Å²) in [6, 6.07) is 7.54. The van der Waals surface area contributed by atoms with Gasteiger partial charge in [-0.1, -0.05) is 12.0 Å². The van der Waals surface area contributed by atoms with E-state index in [9.17, 15) is 0 Å². The molecule has 0 aliphatic heterocycles. The Morgan fingerprint density at radius 1 is 1.50 bits per heavy atom. The van der Waals surface area contributed by atoms with Gasteiger partial charge in [-0.15, -0.1) is 5.92 Å². The zero-order valence-corrected chi connectivity index (χ0v) is 5.89. The van der Waals surface area contributed by atoms with Crippen molar-refractivity contribution >= 4 is 5.69 Å². The van der Waals surface area contributed by atoms with Crippen LogP contribution in [0.5, 0.6) is 0 Å². The van der Waals surface area contributed by atoms with Gasteiger partial charge in [-0.25, -0.2) is 0 Å². The van der Waals surface area contributed by atoms with Gasteiger partial charge in [-0.05, 0) is 25.1 Å². The van der Waals surface area contributed by atoms with Crippen LogP contribution >= 0.6 is 0 Å². The number of hydrogen-bond donors (Lipinski definition) is 1. The van der Waals surface area contributed by atoms with Crippen LogP contribution in [0.3, 0.4) is 0 Å². The van der Waals surface area contributed by atoms with E-state index in [2.05, 4.69) is 11.8 Å². The molecule has 0 saturated carbocycles. The number of benzene rings is 1. The van der Waals surface area contributed by atoms with Gasteiger partial charge >= 0.3 is 0 Å². The summed E-state index contributed by atoms with van der Waals surface area (Å²) < 4.78 is 0. The predicted octanol–water partition coefficient (Wildman–Crippen LogP) is 1.89. The molecule has 1 nitrogen and oxygen atoms in total. The second kappa shape index (κ2) is 2.93. The highest BCUT2D eigenvalue weighted by Crippen LogP contribution is 2.03. The van der Waals surface area contributed by atoms with E-state index < -0.39 is 0 Å². The van der Waals surface area contributed by atoms with Crippen molar-refractivity contribution in [3.8, 4) is 11.8 Å². The molecule has 0 aromatic heterocycles. The Kier molecular flexibility index (Phi) is 1.96. The molecule has 0 unspecified atom stereocenters. The van der Waals surface area contributed by atoms with Gasteiger partial charge in [-0.3, -0.25) is 0 Å². The van der Waals surface area contributed by atoms with Crippen LogP contribution in [-0.2, 0) is 0 Å². The molecule has 0 fully saturated rings. The third-order valence-corrected chi connectivity index (χ3v) is 1.16. The van der Waals surface area contributed by atoms with Gasteiger partial charge in [0.25, 0.3) is 0 Å². The average molecular weight is 133 g/mol. The third kappa shape index (κ3) is 1.53. The van der Waals surface area contributed by atoms with Crippen molar-refractivity contribution in [2.45, 2.75) is 6.92 Å². The third-order valence-electron chi connectivity index (χ3n) is 1.16. The van der Waals surface area contributed by atoms with Crippen molar-refractivity contribution in [3.63, 3.8) is 0 Å². The van der Waals surface area contributed by atoms with E-state index in [1.807, 2.05) is 31.2 Å². The van der Waals surface area contributed by atoms with Crippen LogP contribution in [0.25, 0.3) is 0 Å². The fourth-order valence-corrected chi connectivity index (χ4v) is 0.761. The molecule has 1 rings (SSSR count). The number of nitrogen functional groups attached to an aromatic ring is 1. The van der Waals surface area contributed by atoms with Crippen LogP contribution in [0.1, 0.15) is 13.9 Å². The van der Waals surface area contributed by atoms with Crippen molar-refractivity contribution in [3.05, 3.63) is 29.8 Å². The van der Waals surface area contributed by atoms with Crippen molar-refractivity contribution in [2.75, 3.05) is 5.73 Å². The Bertz CT molecular complexity index is 283. The summed E-state index contributed by atoms with van der Waals surface area (Å²) in [5, 5.41) is 0. The van der Waals surface area contributed by atoms with E-state index >= 15 is 0 Å². The van der Waals surface area contributed by atoms with E-state index in [0.717, 1.165) is 11.3 Å². The number of rotatable bonds is 0. The summed E-state index contributed by atoms with van der Waals surface area (Å²) in [7, 11) is 0. The zero-order chi connectivity index (χ0) is 7.40. The number of anilines is 1. The lowest BCUT2D eigenvalue weighted by atomic mass is 10.2. The van der Waals surface area contributed by atoms with E-state index in [4.69, 9.17) is 5.73 Å². The average Bonchev–Trinajstić information content (AvgIpc) is 1.88. The molecule has 0 radical (unpaired) electrons. The topological polar surface area (TPSA) is 26.0 Å².